The molecule has 0 saturated carbocycles. The van der Waals surface area contributed by atoms with Crippen molar-refractivity contribution < 1.29 is 9.59 Å². The van der Waals surface area contributed by atoms with E-state index in [1.165, 1.54) is 16.7 Å². The number of fused-ring (bicyclic) bond motifs is 2. The number of nitrogens with one attached hydrogen (secondary N) is 1. The van der Waals surface area contributed by atoms with Crippen LogP contribution in [0, 0.1) is 0 Å². The molecule has 2 aromatic rings. The molecule has 1 N–H and O–H groups in total. The van der Waals surface area contributed by atoms with Crippen molar-refractivity contribution in [3.05, 3.63) is 65.7 Å². The maximum Gasteiger partial charge on any atom is 0.276 e. The number of hydrogen-bond acceptors (Lipinski definition) is 5. The van der Waals surface area contributed by atoms with E-state index in [1.807, 2.05) is 61.5 Å². The van der Waals surface area contributed by atoms with E-state index < -0.39 is 4.87 Å². The highest BCUT2D eigenvalue weighted by atomic mass is 32.2. The quantitative estimate of drug-likeness (QED) is 0.922. The van der Waals surface area contributed by atoms with Gasteiger partial charge in [0, 0.05) is 17.5 Å². The fourth-order valence-electron chi connectivity index (χ4n) is 3.15. The number of rotatable bonds is 3. The minimum Gasteiger partial charge on any atom is -0.279 e. The Hall–Kier alpha value is -2.60. The third-order valence-electron chi connectivity index (χ3n) is 4.33. The number of hydrazone groups is 1. The van der Waals surface area contributed by atoms with Crippen molar-refractivity contribution in [2.45, 2.75) is 24.6 Å². The van der Waals surface area contributed by atoms with Gasteiger partial charge in [-0.3, -0.25) is 15.0 Å². The highest BCUT2D eigenvalue weighted by molar-refractivity contribution is 8.16. The van der Waals surface area contributed by atoms with Crippen molar-refractivity contribution in [1.29, 1.82) is 0 Å². The lowest BCUT2D eigenvalue weighted by molar-refractivity contribution is -0.127. The number of carbonyl (C=O) groups is 2. The molecular formula is C19H17N3O2S. The normalized spacial score (nSPS) is 21.2. The van der Waals surface area contributed by atoms with Crippen molar-refractivity contribution in [3.8, 4) is 0 Å². The van der Waals surface area contributed by atoms with Gasteiger partial charge in [-0.1, -0.05) is 67.2 Å². The summed E-state index contributed by atoms with van der Waals surface area (Å²) in [7, 11) is 0. The van der Waals surface area contributed by atoms with E-state index in [0.29, 0.717) is 18.5 Å². The fourth-order valence-corrected chi connectivity index (χ4v) is 4.34. The number of benzene rings is 2. The number of anilines is 1. The molecule has 0 bridgehead atoms. The Morgan fingerprint density at radius 1 is 1.16 bits per heavy atom. The van der Waals surface area contributed by atoms with Crippen LogP contribution in [0.1, 0.15) is 30.9 Å². The fraction of sp³-hybridized carbons (Fsp3) is 0.211. The first-order valence-electron chi connectivity index (χ1n) is 8.23. The molecule has 2 aliphatic heterocycles. The van der Waals surface area contributed by atoms with Gasteiger partial charge in [0.05, 0.1) is 5.69 Å². The van der Waals surface area contributed by atoms with Gasteiger partial charge in [0.25, 0.3) is 5.91 Å². The Balaban J connectivity index is 1.74. The Labute approximate surface area is 150 Å². The molecule has 0 aliphatic carbocycles. The largest absolute Gasteiger partial charge is 0.279 e. The molecule has 0 radical (unpaired) electrons. The standard InChI is InChI=1S/C19H17N3O2S/c1-2-8-16(23)22-15-12-7-6-11-14(15)19(18(22)24)21-20-17(25-19)13-9-4-3-5-10-13/h3-7,9-12,21H,2,8H2,1H3/t19-/m0/s1. The molecule has 25 heavy (non-hydrogen) atoms. The first-order chi connectivity index (χ1) is 12.2. The molecule has 4 rings (SSSR count). The minimum atomic E-state index is -1.06. The topological polar surface area (TPSA) is 61.8 Å². The van der Waals surface area contributed by atoms with E-state index in [4.69, 9.17) is 0 Å². The van der Waals surface area contributed by atoms with Crippen molar-refractivity contribution in [3.63, 3.8) is 0 Å². The summed E-state index contributed by atoms with van der Waals surface area (Å²) in [5.41, 5.74) is 5.40. The van der Waals surface area contributed by atoms with Gasteiger partial charge in [-0.15, -0.1) is 0 Å². The Morgan fingerprint density at radius 3 is 2.64 bits per heavy atom. The van der Waals surface area contributed by atoms with Crippen molar-refractivity contribution in [2.75, 3.05) is 4.90 Å². The van der Waals surface area contributed by atoms with Gasteiger partial charge in [0.2, 0.25) is 10.8 Å². The predicted octanol–water partition coefficient (Wildman–Crippen LogP) is 3.21. The number of para-hydroxylation sites is 1. The number of thioether (sulfide) groups is 1. The maximum atomic E-state index is 13.2. The number of carbonyl (C=O) groups excluding carboxylic acids is 2. The first kappa shape index (κ1) is 15.9. The molecule has 0 unspecified atom stereocenters. The van der Waals surface area contributed by atoms with Gasteiger partial charge in [-0.25, -0.2) is 4.90 Å². The highest BCUT2D eigenvalue weighted by Crippen LogP contribution is 2.50. The molecule has 2 heterocycles. The summed E-state index contributed by atoms with van der Waals surface area (Å²) in [6.07, 6.45) is 1.04. The van der Waals surface area contributed by atoms with Gasteiger partial charge in [0.15, 0.2) is 0 Å². The average Bonchev–Trinajstić information content (AvgIpc) is 3.19. The zero-order chi connectivity index (χ0) is 17.4. The van der Waals surface area contributed by atoms with Crippen LogP contribution in [0.3, 0.4) is 0 Å². The molecular weight excluding hydrogens is 334 g/mol. The van der Waals surface area contributed by atoms with Crippen molar-refractivity contribution in [1.82, 2.24) is 5.43 Å². The van der Waals surface area contributed by atoms with Gasteiger partial charge in [-0.2, -0.15) is 5.10 Å². The molecule has 2 aliphatic rings. The SMILES string of the molecule is CCCC(=O)N1C(=O)[C@]2(NN=C(c3ccccc3)S2)c2ccccc21. The Kier molecular flexibility index (Phi) is 3.84. The molecule has 5 nitrogen and oxygen atoms in total. The highest BCUT2D eigenvalue weighted by Gasteiger charge is 2.56. The Bertz CT molecular complexity index is 881. The molecule has 0 saturated heterocycles. The van der Waals surface area contributed by atoms with Crippen LogP contribution in [-0.2, 0) is 14.5 Å². The summed E-state index contributed by atoms with van der Waals surface area (Å²) in [4.78, 5) is 26.0. The second-order valence-electron chi connectivity index (χ2n) is 5.98. The summed E-state index contributed by atoms with van der Waals surface area (Å²) in [5.74, 6) is -0.445. The van der Waals surface area contributed by atoms with E-state index in [2.05, 4.69) is 10.5 Å². The summed E-state index contributed by atoms with van der Waals surface area (Å²) >= 11 is 1.36. The summed E-state index contributed by atoms with van der Waals surface area (Å²) < 4.78 is 0. The van der Waals surface area contributed by atoms with Crippen LogP contribution in [0.25, 0.3) is 0 Å². The van der Waals surface area contributed by atoms with E-state index in [9.17, 15) is 9.59 Å². The number of hydrogen-bond donors (Lipinski definition) is 1. The van der Waals surface area contributed by atoms with Crippen molar-refractivity contribution >= 4 is 34.3 Å². The third kappa shape index (κ3) is 2.36. The lowest BCUT2D eigenvalue weighted by Gasteiger charge is -2.21. The zero-order valence-corrected chi connectivity index (χ0v) is 14.5. The molecule has 6 heteroatoms. The predicted molar refractivity (Wildman–Crippen MR) is 99.2 cm³/mol. The average molecular weight is 351 g/mol. The molecule has 1 spiro atoms. The second kappa shape index (κ2) is 6.04. The van der Waals surface area contributed by atoms with Crippen LogP contribution in [0.2, 0.25) is 0 Å². The van der Waals surface area contributed by atoms with Gasteiger partial charge >= 0.3 is 0 Å². The van der Waals surface area contributed by atoms with Crippen molar-refractivity contribution in [2.24, 2.45) is 5.10 Å². The summed E-state index contributed by atoms with van der Waals surface area (Å²) in [5, 5.41) is 5.15. The van der Waals surface area contributed by atoms with Crippen LogP contribution in [-0.4, -0.2) is 16.9 Å². The van der Waals surface area contributed by atoms with Crippen LogP contribution < -0.4 is 10.3 Å². The van der Waals surface area contributed by atoms with Gasteiger partial charge in [0.1, 0.15) is 5.04 Å². The molecule has 126 valence electrons. The Morgan fingerprint density at radius 2 is 1.88 bits per heavy atom. The molecule has 1 atom stereocenters. The smallest absolute Gasteiger partial charge is 0.276 e. The summed E-state index contributed by atoms with van der Waals surface area (Å²) in [6, 6.07) is 17.1. The third-order valence-corrected chi connectivity index (χ3v) is 5.64. The zero-order valence-electron chi connectivity index (χ0n) is 13.7. The molecule has 2 amide bonds. The maximum absolute atomic E-state index is 13.2. The van der Waals surface area contributed by atoms with E-state index >= 15 is 0 Å². The van der Waals surface area contributed by atoms with E-state index in [1.54, 1.807) is 0 Å². The molecule has 0 aromatic heterocycles. The number of nitrogens with zero attached hydrogens (tertiary/aromatic N) is 2. The van der Waals surface area contributed by atoms with E-state index in [-0.39, 0.29) is 11.8 Å². The van der Waals surface area contributed by atoms with E-state index in [0.717, 1.165) is 16.2 Å². The summed E-state index contributed by atoms with van der Waals surface area (Å²) in [6.45, 7) is 1.93. The van der Waals surface area contributed by atoms with Crippen LogP contribution >= 0.6 is 11.8 Å². The van der Waals surface area contributed by atoms with Crippen LogP contribution in [0.15, 0.2) is 59.7 Å². The molecule has 0 fully saturated rings. The number of imide groups is 1. The van der Waals surface area contributed by atoms with Gasteiger partial charge in [-0.05, 0) is 12.5 Å². The lowest BCUT2D eigenvalue weighted by atomic mass is 10.1. The second-order valence-corrected chi connectivity index (χ2v) is 7.18. The van der Waals surface area contributed by atoms with Crippen LogP contribution in [0.5, 0.6) is 0 Å². The minimum absolute atomic E-state index is 0.174. The molecule has 2 aromatic carbocycles. The van der Waals surface area contributed by atoms with Gasteiger partial charge < -0.3 is 0 Å². The number of amides is 2. The first-order valence-corrected chi connectivity index (χ1v) is 9.05. The van der Waals surface area contributed by atoms with Crippen LogP contribution in [0.4, 0.5) is 5.69 Å². The monoisotopic (exact) mass is 351 g/mol. The lowest BCUT2D eigenvalue weighted by Crippen LogP contribution is -2.46.